The Morgan fingerprint density at radius 2 is 2.12 bits per heavy atom. The van der Waals surface area contributed by atoms with E-state index in [-0.39, 0.29) is 29.9 Å². The third-order valence-corrected chi connectivity index (χ3v) is 4.87. The summed E-state index contributed by atoms with van der Waals surface area (Å²) in [5, 5.41) is 13.4. The largest absolute Gasteiger partial charge is 0.481 e. The van der Waals surface area contributed by atoms with E-state index in [0.29, 0.717) is 18.7 Å². The molecule has 25 heavy (non-hydrogen) atoms. The summed E-state index contributed by atoms with van der Waals surface area (Å²) in [4.78, 5) is 25.8. The first-order chi connectivity index (χ1) is 12.0. The molecule has 0 unspecified atom stereocenters. The van der Waals surface area contributed by atoms with E-state index < -0.39 is 11.9 Å². The second-order valence-electron chi connectivity index (χ2n) is 6.32. The molecule has 2 aromatic rings. The van der Waals surface area contributed by atoms with Crippen LogP contribution in [0.4, 0.5) is 0 Å². The summed E-state index contributed by atoms with van der Waals surface area (Å²) in [7, 11) is 0. The molecule has 0 saturated carbocycles. The van der Waals surface area contributed by atoms with Crippen LogP contribution in [0.1, 0.15) is 29.2 Å². The number of likely N-dealkylation sites (tertiary alicyclic amines) is 1. The molecule has 2 atom stereocenters. The van der Waals surface area contributed by atoms with E-state index in [2.05, 4.69) is 5.16 Å². The first-order valence-corrected chi connectivity index (χ1v) is 8.50. The minimum absolute atomic E-state index is 0.0881. The van der Waals surface area contributed by atoms with Crippen molar-refractivity contribution in [1.29, 1.82) is 0 Å². The van der Waals surface area contributed by atoms with Gasteiger partial charge in [-0.2, -0.15) is 0 Å². The van der Waals surface area contributed by atoms with Gasteiger partial charge in [0.2, 0.25) is 5.91 Å². The second-order valence-corrected chi connectivity index (χ2v) is 6.71. The summed E-state index contributed by atoms with van der Waals surface area (Å²) in [5.74, 6) is -1.20. The van der Waals surface area contributed by atoms with Crippen molar-refractivity contribution in [3.63, 3.8) is 0 Å². The molecule has 6 nitrogen and oxygen atoms in total. The number of hydrogen-bond acceptors (Lipinski definition) is 4. The smallest absolute Gasteiger partial charge is 0.308 e. The van der Waals surface area contributed by atoms with Crippen molar-refractivity contribution in [3.8, 4) is 0 Å². The summed E-state index contributed by atoms with van der Waals surface area (Å²) < 4.78 is 5.00. The van der Waals surface area contributed by atoms with E-state index in [1.54, 1.807) is 11.0 Å². The van der Waals surface area contributed by atoms with Gasteiger partial charge in [-0.1, -0.05) is 41.0 Å². The molecule has 2 heterocycles. The van der Waals surface area contributed by atoms with Gasteiger partial charge < -0.3 is 14.5 Å². The fourth-order valence-corrected chi connectivity index (χ4v) is 3.53. The maximum atomic E-state index is 12.5. The SMILES string of the molecule is Cc1ccccc1[C@@H]1CN(C(=O)CCc2cc(Cl)no2)C[C@H]1C(=O)O. The molecular weight excluding hydrogens is 344 g/mol. The van der Waals surface area contributed by atoms with E-state index in [4.69, 9.17) is 16.1 Å². The van der Waals surface area contributed by atoms with Crippen molar-refractivity contribution in [2.24, 2.45) is 5.92 Å². The highest BCUT2D eigenvalue weighted by Gasteiger charge is 2.40. The molecule has 1 aliphatic heterocycles. The van der Waals surface area contributed by atoms with Crippen LogP contribution in [0.2, 0.25) is 5.15 Å². The van der Waals surface area contributed by atoms with Gasteiger partial charge in [0.15, 0.2) is 5.15 Å². The lowest BCUT2D eigenvalue weighted by atomic mass is 9.86. The highest BCUT2D eigenvalue weighted by molar-refractivity contribution is 6.29. The van der Waals surface area contributed by atoms with E-state index in [1.807, 2.05) is 31.2 Å². The number of carboxylic acid groups (broad SMARTS) is 1. The number of carbonyl (C=O) groups is 2. The van der Waals surface area contributed by atoms with Crippen LogP contribution in [0.3, 0.4) is 0 Å². The molecule has 0 aliphatic carbocycles. The number of halogens is 1. The number of aryl methyl sites for hydroxylation is 2. The van der Waals surface area contributed by atoms with Crippen LogP contribution >= 0.6 is 11.6 Å². The van der Waals surface area contributed by atoms with Crippen molar-refractivity contribution in [3.05, 3.63) is 52.4 Å². The minimum Gasteiger partial charge on any atom is -0.481 e. The Hall–Kier alpha value is -2.34. The zero-order valence-corrected chi connectivity index (χ0v) is 14.6. The highest BCUT2D eigenvalue weighted by Crippen LogP contribution is 2.35. The van der Waals surface area contributed by atoms with Gasteiger partial charge in [-0.3, -0.25) is 9.59 Å². The third kappa shape index (κ3) is 3.85. The zero-order chi connectivity index (χ0) is 18.0. The molecule has 1 N–H and O–H groups in total. The van der Waals surface area contributed by atoms with Crippen molar-refractivity contribution >= 4 is 23.5 Å². The number of amides is 1. The number of nitrogens with zero attached hydrogens (tertiary/aromatic N) is 2. The molecule has 0 radical (unpaired) electrons. The molecular formula is C18H19ClN2O4. The number of aliphatic carboxylic acids is 1. The predicted octanol–water partition coefficient (Wildman–Crippen LogP) is 2.90. The number of hydrogen-bond donors (Lipinski definition) is 1. The van der Waals surface area contributed by atoms with Crippen LogP contribution in [0, 0.1) is 12.8 Å². The van der Waals surface area contributed by atoms with Crippen LogP contribution in [0.25, 0.3) is 0 Å². The van der Waals surface area contributed by atoms with Gasteiger partial charge in [-0.15, -0.1) is 0 Å². The fraction of sp³-hybridized carbons (Fsp3) is 0.389. The fourth-order valence-electron chi connectivity index (χ4n) is 3.37. The summed E-state index contributed by atoms with van der Waals surface area (Å²) >= 11 is 5.69. The Morgan fingerprint density at radius 3 is 2.76 bits per heavy atom. The maximum Gasteiger partial charge on any atom is 0.308 e. The Labute approximate surface area is 150 Å². The molecule has 0 bridgehead atoms. The number of carbonyl (C=O) groups excluding carboxylic acids is 1. The van der Waals surface area contributed by atoms with Crippen molar-refractivity contribution < 1.29 is 19.2 Å². The molecule has 7 heteroatoms. The van der Waals surface area contributed by atoms with Crippen LogP contribution in [-0.4, -0.2) is 40.1 Å². The number of carboxylic acids is 1. The Bertz CT molecular complexity index is 789. The highest BCUT2D eigenvalue weighted by atomic mass is 35.5. The van der Waals surface area contributed by atoms with E-state index in [0.717, 1.165) is 11.1 Å². The minimum atomic E-state index is -0.870. The summed E-state index contributed by atoms with van der Waals surface area (Å²) in [6, 6.07) is 9.32. The second kappa shape index (κ2) is 7.27. The molecule has 1 fully saturated rings. The Kier molecular flexibility index (Phi) is 5.08. The van der Waals surface area contributed by atoms with Gasteiger partial charge >= 0.3 is 5.97 Å². The third-order valence-electron chi connectivity index (χ3n) is 4.69. The van der Waals surface area contributed by atoms with E-state index in [9.17, 15) is 14.7 Å². The summed E-state index contributed by atoms with van der Waals surface area (Å²) in [5.41, 5.74) is 2.04. The first-order valence-electron chi connectivity index (χ1n) is 8.13. The van der Waals surface area contributed by atoms with Gasteiger partial charge in [-0.25, -0.2) is 0 Å². The zero-order valence-electron chi connectivity index (χ0n) is 13.8. The van der Waals surface area contributed by atoms with Crippen LogP contribution in [-0.2, 0) is 16.0 Å². The quantitative estimate of drug-likeness (QED) is 0.884. The average molecular weight is 363 g/mol. The Morgan fingerprint density at radius 1 is 1.36 bits per heavy atom. The predicted molar refractivity (Wildman–Crippen MR) is 91.5 cm³/mol. The molecule has 132 valence electrons. The summed E-state index contributed by atoms with van der Waals surface area (Å²) in [6.07, 6.45) is 0.625. The lowest BCUT2D eigenvalue weighted by Crippen LogP contribution is -2.30. The van der Waals surface area contributed by atoms with Crippen LogP contribution in [0.5, 0.6) is 0 Å². The van der Waals surface area contributed by atoms with E-state index >= 15 is 0 Å². The molecule has 1 saturated heterocycles. The van der Waals surface area contributed by atoms with Gasteiger partial charge in [0, 0.05) is 37.9 Å². The van der Waals surface area contributed by atoms with Crippen molar-refractivity contribution in [2.75, 3.05) is 13.1 Å². The topological polar surface area (TPSA) is 83.6 Å². The summed E-state index contributed by atoms with van der Waals surface area (Å²) in [6.45, 7) is 2.61. The lowest BCUT2D eigenvalue weighted by molar-refractivity contribution is -0.141. The van der Waals surface area contributed by atoms with Crippen LogP contribution in [0.15, 0.2) is 34.9 Å². The standard InChI is InChI=1S/C18H19ClN2O4/c1-11-4-2-3-5-13(11)14-9-21(10-15(14)18(23)24)17(22)7-6-12-8-16(19)20-25-12/h2-5,8,14-15H,6-7,9-10H2,1H3,(H,23,24)/t14-,15+/m0/s1. The van der Waals surface area contributed by atoms with Crippen LogP contribution < -0.4 is 0 Å². The Balaban J connectivity index is 1.70. The van der Waals surface area contributed by atoms with Gasteiger partial charge in [0.25, 0.3) is 0 Å². The van der Waals surface area contributed by atoms with Crippen molar-refractivity contribution in [1.82, 2.24) is 10.1 Å². The monoisotopic (exact) mass is 362 g/mol. The van der Waals surface area contributed by atoms with Gasteiger partial charge in [-0.05, 0) is 18.1 Å². The molecule has 0 spiro atoms. The number of rotatable bonds is 5. The lowest BCUT2D eigenvalue weighted by Gasteiger charge is -2.18. The van der Waals surface area contributed by atoms with Gasteiger partial charge in [0.05, 0.1) is 5.92 Å². The molecule has 1 amide bonds. The first kappa shape index (κ1) is 17.5. The molecule has 1 aromatic carbocycles. The maximum absolute atomic E-state index is 12.5. The number of benzene rings is 1. The molecule has 1 aromatic heterocycles. The number of aromatic nitrogens is 1. The average Bonchev–Trinajstić information content (AvgIpc) is 3.19. The molecule has 3 rings (SSSR count). The molecule has 1 aliphatic rings. The normalized spacial score (nSPS) is 20.0. The van der Waals surface area contributed by atoms with Crippen molar-refractivity contribution in [2.45, 2.75) is 25.7 Å². The van der Waals surface area contributed by atoms with E-state index in [1.165, 1.54) is 0 Å². The van der Waals surface area contributed by atoms with Gasteiger partial charge in [0.1, 0.15) is 5.76 Å².